The molecule has 0 saturated carbocycles. The summed E-state index contributed by atoms with van der Waals surface area (Å²) in [6.07, 6.45) is 1.63. The van der Waals surface area contributed by atoms with Crippen molar-refractivity contribution >= 4 is 15.0 Å². The van der Waals surface area contributed by atoms with E-state index in [1.807, 2.05) is 6.92 Å². The van der Waals surface area contributed by atoms with Crippen LogP contribution in [0.3, 0.4) is 0 Å². The van der Waals surface area contributed by atoms with Crippen molar-refractivity contribution in [3.8, 4) is 0 Å². The number of rotatable bonds is 2. The Balaban J connectivity index is 4.01. The molecule has 0 fully saturated rings. The van der Waals surface area contributed by atoms with E-state index in [1.165, 1.54) is 0 Å². The Morgan fingerprint density at radius 2 is 2.00 bits per heavy atom. The molecule has 1 atom stereocenters. The molecule has 0 aliphatic heterocycles. The van der Waals surface area contributed by atoms with Crippen molar-refractivity contribution in [1.82, 2.24) is 0 Å². The van der Waals surface area contributed by atoms with Gasteiger partial charge in [0.25, 0.3) is 0 Å². The van der Waals surface area contributed by atoms with Gasteiger partial charge in [-0.05, 0) is 6.92 Å². The highest BCUT2D eigenvalue weighted by molar-refractivity contribution is 6.62. The van der Waals surface area contributed by atoms with Gasteiger partial charge in [-0.3, -0.25) is 4.99 Å². The lowest BCUT2D eigenvalue weighted by Gasteiger charge is -2.20. The van der Waals surface area contributed by atoms with Crippen LogP contribution in [0.15, 0.2) is 4.99 Å². The van der Waals surface area contributed by atoms with E-state index >= 15 is 0 Å². The summed E-state index contributed by atoms with van der Waals surface area (Å²) in [6.45, 7) is 6.01. The van der Waals surface area contributed by atoms with Crippen LogP contribution in [0.4, 0.5) is 0 Å². The fourth-order valence-electron chi connectivity index (χ4n) is 0.410. The molecule has 54 valence electrons. The molecule has 0 amide bonds. The number of aliphatic imine (C=N–C) groups is 1. The Morgan fingerprint density at radius 1 is 1.56 bits per heavy atom. The molecule has 3 heteroatoms. The van der Waals surface area contributed by atoms with Gasteiger partial charge in [0.05, 0.1) is 14.0 Å². The summed E-state index contributed by atoms with van der Waals surface area (Å²) < 4.78 is 0. The minimum absolute atomic E-state index is 0.602. The quantitative estimate of drug-likeness (QED) is 0.444. The van der Waals surface area contributed by atoms with Crippen LogP contribution in [0.1, 0.15) is 6.92 Å². The van der Waals surface area contributed by atoms with Crippen LogP contribution in [0, 0.1) is 0 Å². The second kappa shape index (κ2) is 3.13. The van der Waals surface area contributed by atoms with Crippen molar-refractivity contribution in [2.24, 2.45) is 4.99 Å². The van der Waals surface area contributed by atoms with Crippen LogP contribution >= 0.6 is 0 Å². The van der Waals surface area contributed by atoms with E-state index in [2.05, 4.69) is 18.1 Å². The molecule has 1 N–H and O–H groups in total. The first-order valence-electron chi connectivity index (χ1n) is 3.16. The molecule has 0 bridgehead atoms. The lowest BCUT2D eigenvalue weighted by atomic mass is 10.4. The summed E-state index contributed by atoms with van der Waals surface area (Å²) in [4.78, 5) is 3.79. The van der Waals surface area contributed by atoms with Crippen LogP contribution < -0.4 is 0 Å². The topological polar surface area (TPSA) is 32.6 Å². The molecule has 0 saturated heterocycles. The van der Waals surface area contributed by atoms with E-state index in [0.29, 0.717) is 0 Å². The van der Waals surface area contributed by atoms with Gasteiger partial charge in [-0.25, -0.2) is 0 Å². The van der Waals surface area contributed by atoms with Gasteiger partial charge in [-0.2, -0.15) is 0 Å². The van der Waals surface area contributed by atoms with Gasteiger partial charge in [0.2, 0.25) is 0 Å². The molecule has 0 radical (unpaired) electrons. The third-order valence-electron chi connectivity index (χ3n) is 1.56. The highest BCUT2D eigenvalue weighted by atomic mass is 28.3. The summed E-state index contributed by atoms with van der Waals surface area (Å²) in [7, 11) is 0.695. The summed E-state index contributed by atoms with van der Waals surface area (Å²) in [5.41, 5.74) is 0. The van der Waals surface area contributed by atoms with Gasteiger partial charge in [0, 0.05) is 13.3 Å². The van der Waals surface area contributed by atoms with E-state index in [1.54, 1.807) is 13.3 Å². The predicted octanol–water partition coefficient (Wildman–Crippen LogP) is 0.464. The summed E-state index contributed by atoms with van der Waals surface area (Å²) in [5, 5.41) is 8.90. The van der Waals surface area contributed by atoms with Crippen LogP contribution in [-0.4, -0.2) is 32.4 Å². The smallest absolute Gasteiger partial charge is 0.0820 e. The molecular weight excluding hydrogens is 130 g/mol. The monoisotopic (exact) mass is 145 g/mol. The summed E-state index contributed by atoms with van der Waals surface area (Å²) >= 11 is 0. The number of hydrogen-bond acceptors (Lipinski definition) is 2. The van der Waals surface area contributed by atoms with E-state index < -0.39 is 14.0 Å². The van der Waals surface area contributed by atoms with Crippen LogP contribution in [0.5, 0.6) is 0 Å². The predicted molar refractivity (Wildman–Crippen MR) is 43.9 cm³/mol. The maximum atomic E-state index is 9.50. The zero-order valence-corrected chi connectivity index (χ0v) is 7.70. The first-order valence-corrected chi connectivity index (χ1v) is 6.05. The number of hydrogen-bond donors (Lipinski definition) is 1. The van der Waals surface area contributed by atoms with E-state index in [-0.39, 0.29) is 0 Å². The van der Waals surface area contributed by atoms with Gasteiger partial charge in [-0.1, -0.05) is 13.1 Å². The minimum Gasteiger partial charge on any atom is -0.389 e. The van der Waals surface area contributed by atoms with Crippen molar-refractivity contribution < 1.29 is 5.11 Å². The average molecular weight is 145 g/mol. The van der Waals surface area contributed by atoms with Crippen molar-refractivity contribution in [1.29, 1.82) is 0 Å². The average Bonchev–Trinajstić information content (AvgIpc) is 1.65. The molecular formula is C6H15NOSi. The van der Waals surface area contributed by atoms with Gasteiger partial charge < -0.3 is 5.11 Å². The van der Waals surface area contributed by atoms with E-state index in [9.17, 15) is 5.11 Å². The van der Waals surface area contributed by atoms with Gasteiger partial charge in [0.1, 0.15) is 0 Å². The molecule has 0 aromatic rings. The third-order valence-corrected chi connectivity index (χ3v) is 4.05. The Labute approximate surface area is 58.2 Å². The Kier molecular flexibility index (Phi) is 3.07. The molecule has 9 heavy (non-hydrogen) atoms. The SMILES string of the molecule is CN=CC(C)(O)[SiH](C)C. The normalized spacial score (nSPS) is 18.9. The van der Waals surface area contributed by atoms with E-state index in [4.69, 9.17) is 0 Å². The van der Waals surface area contributed by atoms with Crippen LogP contribution in [0.25, 0.3) is 0 Å². The number of aliphatic hydroxyl groups is 1. The first kappa shape index (κ1) is 8.85. The lowest BCUT2D eigenvalue weighted by molar-refractivity contribution is 0.217. The zero-order chi connectivity index (χ0) is 7.49. The molecule has 0 aromatic carbocycles. The van der Waals surface area contributed by atoms with Crippen LogP contribution in [-0.2, 0) is 0 Å². The second-order valence-corrected chi connectivity index (χ2v) is 6.25. The lowest BCUT2D eigenvalue weighted by Crippen LogP contribution is -2.40. The molecule has 0 aliphatic carbocycles. The molecule has 0 rings (SSSR count). The molecule has 0 aromatic heterocycles. The maximum absolute atomic E-state index is 9.50. The van der Waals surface area contributed by atoms with E-state index in [0.717, 1.165) is 0 Å². The van der Waals surface area contributed by atoms with Gasteiger partial charge >= 0.3 is 0 Å². The molecule has 1 unspecified atom stereocenters. The summed E-state index contributed by atoms with van der Waals surface area (Å²) in [5.74, 6) is 0. The van der Waals surface area contributed by atoms with Gasteiger partial charge in [0.15, 0.2) is 0 Å². The third kappa shape index (κ3) is 2.77. The molecule has 2 nitrogen and oxygen atoms in total. The fraction of sp³-hybridized carbons (Fsp3) is 0.833. The maximum Gasteiger partial charge on any atom is 0.0820 e. The van der Waals surface area contributed by atoms with Gasteiger partial charge in [-0.15, -0.1) is 0 Å². The Hall–Kier alpha value is -0.153. The van der Waals surface area contributed by atoms with Crippen molar-refractivity contribution in [3.05, 3.63) is 0 Å². The highest BCUT2D eigenvalue weighted by Crippen LogP contribution is 2.04. The highest BCUT2D eigenvalue weighted by Gasteiger charge is 2.22. The van der Waals surface area contributed by atoms with Crippen LogP contribution in [0.2, 0.25) is 13.1 Å². The Bertz CT molecular complexity index is 110. The fourth-order valence-corrected chi connectivity index (χ4v) is 0.858. The van der Waals surface area contributed by atoms with Crippen molar-refractivity contribution in [3.63, 3.8) is 0 Å². The first-order chi connectivity index (χ1) is 4.00. The number of nitrogens with zero attached hydrogens (tertiary/aromatic N) is 1. The largest absolute Gasteiger partial charge is 0.389 e. The van der Waals surface area contributed by atoms with Crippen molar-refractivity contribution in [2.75, 3.05) is 7.05 Å². The molecule has 0 heterocycles. The zero-order valence-electron chi connectivity index (χ0n) is 6.55. The molecule has 0 spiro atoms. The molecule has 0 aliphatic rings. The van der Waals surface area contributed by atoms with Crippen molar-refractivity contribution in [2.45, 2.75) is 25.2 Å². The second-order valence-electron chi connectivity index (χ2n) is 2.77. The minimum atomic E-state index is -0.991. The summed E-state index contributed by atoms with van der Waals surface area (Å²) in [6, 6.07) is 0. The standard InChI is InChI=1S/C6H15NOSi/c1-6(8,5-7-2)9(3)4/h5,8-9H,1-4H3. The Morgan fingerprint density at radius 3 is 2.11 bits per heavy atom.